The van der Waals surface area contributed by atoms with E-state index in [0.717, 1.165) is 12.8 Å². The zero-order valence-corrected chi connectivity index (χ0v) is 15.0. The third kappa shape index (κ3) is 1.80. The van der Waals surface area contributed by atoms with Crippen LogP contribution in [0.25, 0.3) is 0 Å². The van der Waals surface area contributed by atoms with Gasteiger partial charge in [0.2, 0.25) is 5.91 Å². The van der Waals surface area contributed by atoms with Gasteiger partial charge in [0.1, 0.15) is 0 Å². The van der Waals surface area contributed by atoms with Crippen LogP contribution in [-0.4, -0.2) is 19.0 Å². The number of hydrogen-bond donors (Lipinski definition) is 1. The lowest BCUT2D eigenvalue weighted by Gasteiger charge is -2.38. The van der Waals surface area contributed by atoms with Gasteiger partial charge in [0, 0.05) is 11.5 Å². The zero-order valence-electron chi connectivity index (χ0n) is 13.4. The van der Waals surface area contributed by atoms with E-state index in [1.807, 2.05) is 12.2 Å². The minimum Gasteiger partial charge on any atom is -0.469 e. The summed E-state index contributed by atoms with van der Waals surface area (Å²) in [5.41, 5.74) is 3.66. The third-order valence-electron chi connectivity index (χ3n) is 6.31. The fourth-order valence-electron chi connectivity index (χ4n) is 5.21. The van der Waals surface area contributed by atoms with Gasteiger partial charge in [-0.05, 0) is 46.2 Å². The average Bonchev–Trinajstić information content (AvgIpc) is 3.25. The first kappa shape index (κ1) is 16.7. The summed E-state index contributed by atoms with van der Waals surface area (Å²) in [4.78, 5) is 25.3. The van der Waals surface area contributed by atoms with Crippen LogP contribution in [0.1, 0.15) is 18.4 Å². The fourth-order valence-corrected chi connectivity index (χ4v) is 5.52. The van der Waals surface area contributed by atoms with Gasteiger partial charge in [-0.2, -0.15) is 0 Å². The first-order chi connectivity index (χ1) is 11.8. The monoisotopic (exact) mass is 411 g/mol. The molecule has 0 saturated heterocycles. The molecule has 2 saturated carbocycles. The predicted molar refractivity (Wildman–Crippen MR) is 88.2 cm³/mol. The highest BCUT2D eigenvalue weighted by Gasteiger charge is 2.77. The number of halogens is 3. The number of esters is 1. The Balaban J connectivity index is 2.03. The molecule has 2 bridgehead atoms. The van der Waals surface area contributed by atoms with Gasteiger partial charge in [-0.15, -0.1) is 0 Å². The molecule has 0 heterocycles. The molecule has 1 aromatic rings. The maximum Gasteiger partial charge on any atom is 0.310 e. The Bertz CT molecular complexity index is 836. The van der Waals surface area contributed by atoms with Gasteiger partial charge in [0.15, 0.2) is 11.6 Å². The van der Waals surface area contributed by atoms with Gasteiger partial charge in [-0.1, -0.05) is 18.2 Å². The van der Waals surface area contributed by atoms with Crippen LogP contribution in [0.5, 0.6) is 0 Å². The molecule has 4 nitrogen and oxygen atoms in total. The molecule has 132 valence electrons. The Kier molecular flexibility index (Phi) is 3.42. The molecule has 3 aliphatic carbocycles. The molecule has 0 radical (unpaired) electrons. The minimum atomic E-state index is -1.64. The van der Waals surface area contributed by atoms with E-state index in [4.69, 9.17) is 10.5 Å². The lowest BCUT2D eigenvalue weighted by Crippen LogP contribution is -2.53. The molecular weight excluding hydrogens is 396 g/mol. The summed E-state index contributed by atoms with van der Waals surface area (Å²) in [6.07, 6.45) is 5.37. The van der Waals surface area contributed by atoms with Crippen LogP contribution >= 0.6 is 15.9 Å². The number of allylic oxidation sites excluding steroid dienone is 2. The van der Waals surface area contributed by atoms with Crippen molar-refractivity contribution in [3.8, 4) is 0 Å². The minimum absolute atomic E-state index is 0.0529. The normalized spacial score (nSPS) is 33.7. The summed E-state index contributed by atoms with van der Waals surface area (Å²) in [7, 11) is 1.22. The summed E-state index contributed by atoms with van der Waals surface area (Å²) in [6.45, 7) is 0. The average molecular weight is 412 g/mol. The van der Waals surface area contributed by atoms with Crippen molar-refractivity contribution in [3.63, 3.8) is 0 Å². The van der Waals surface area contributed by atoms with Crippen molar-refractivity contribution >= 4 is 27.8 Å². The van der Waals surface area contributed by atoms with E-state index in [2.05, 4.69) is 15.9 Å². The van der Waals surface area contributed by atoms with Gasteiger partial charge in [0.05, 0.1) is 22.9 Å². The summed E-state index contributed by atoms with van der Waals surface area (Å²) in [6, 6.07) is 2.68. The number of nitrogens with two attached hydrogens (primary N) is 1. The second-order valence-electron chi connectivity index (χ2n) is 7.08. The molecule has 0 aromatic heterocycles. The van der Waals surface area contributed by atoms with Gasteiger partial charge in [-0.3, -0.25) is 9.59 Å². The first-order valence-corrected chi connectivity index (χ1v) is 8.81. The van der Waals surface area contributed by atoms with Gasteiger partial charge < -0.3 is 10.5 Å². The highest BCUT2D eigenvalue weighted by Crippen LogP contribution is 2.76. The van der Waals surface area contributed by atoms with Crippen LogP contribution in [0.4, 0.5) is 8.78 Å². The number of methoxy groups -OCH3 is 1. The summed E-state index contributed by atoms with van der Waals surface area (Å²) in [5, 5.41) is 0. The molecule has 4 rings (SSSR count). The second kappa shape index (κ2) is 5.13. The lowest BCUT2D eigenvalue weighted by atomic mass is 9.63. The van der Waals surface area contributed by atoms with E-state index in [1.165, 1.54) is 19.2 Å². The van der Waals surface area contributed by atoms with Crippen molar-refractivity contribution in [2.24, 2.45) is 28.9 Å². The van der Waals surface area contributed by atoms with E-state index in [1.54, 1.807) is 0 Å². The van der Waals surface area contributed by atoms with E-state index in [9.17, 15) is 18.4 Å². The molecular formula is C18H16BrF2NO3. The number of benzene rings is 1. The number of primary amides is 1. The number of ether oxygens (including phenoxy) is 1. The lowest BCUT2D eigenvalue weighted by molar-refractivity contribution is -0.152. The highest BCUT2D eigenvalue weighted by molar-refractivity contribution is 9.10. The van der Waals surface area contributed by atoms with E-state index >= 15 is 0 Å². The van der Waals surface area contributed by atoms with Crippen molar-refractivity contribution in [2.45, 2.75) is 18.3 Å². The molecule has 2 fully saturated rings. The van der Waals surface area contributed by atoms with Gasteiger partial charge in [-0.25, -0.2) is 8.78 Å². The molecule has 1 spiro atoms. The highest BCUT2D eigenvalue weighted by atomic mass is 79.9. The fraction of sp³-hybridized carbons (Fsp3) is 0.444. The maximum atomic E-state index is 14.9. The molecule has 1 aromatic carbocycles. The Labute approximate surface area is 151 Å². The smallest absolute Gasteiger partial charge is 0.310 e. The summed E-state index contributed by atoms with van der Waals surface area (Å²) < 4.78 is 34.0. The van der Waals surface area contributed by atoms with Crippen LogP contribution in [-0.2, 0) is 19.7 Å². The van der Waals surface area contributed by atoms with Crippen LogP contribution in [0.3, 0.4) is 0 Å². The van der Waals surface area contributed by atoms with Crippen LogP contribution in [0.2, 0.25) is 0 Å². The van der Waals surface area contributed by atoms with Crippen LogP contribution < -0.4 is 5.73 Å². The van der Waals surface area contributed by atoms with E-state index in [0.29, 0.717) is 0 Å². The van der Waals surface area contributed by atoms with Crippen molar-refractivity contribution in [1.82, 2.24) is 0 Å². The number of amides is 1. The van der Waals surface area contributed by atoms with Crippen molar-refractivity contribution < 1.29 is 23.1 Å². The SMILES string of the molecule is COC(=O)[C@@H]1[C@H]2C=C[C@@H](C23CC3)[C@]1(C(N)=O)c1ccc(Br)c(F)c1F. The zero-order chi connectivity index (χ0) is 18.1. The van der Waals surface area contributed by atoms with Crippen molar-refractivity contribution in [2.75, 3.05) is 7.11 Å². The third-order valence-corrected chi connectivity index (χ3v) is 6.92. The van der Waals surface area contributed by atoms with E-state index in [-0.39, 0.29) is 21.4 Å². The second-order valence-corrected chi connectivity index (χ2v) is 7.93. The topological polar surface area (TPSA) is 69.4 Å². The maximum absolute atomic E-state index is 14.9. The van der Waals surface area contributed by atoms with Crippen LogP contribution in [0, 0.1) is 34.8 Å². The molecule has 0 unspecified atom stereocenters. The first-order valence-electron chi connectivity index (χ1n) is 8.02. The summed E-state index contributed by atoms with van der Waals surface area (Å²) in [5.74, 6) is -5.36. The number of carbonyl (C=O) groups is 2. The molecule has 0 aliphatic heterocycles. The van der Waals surface area contributed by atoms with E-state index < -0.39 is 40.8 Å². The Morgan fingerprint density at radius 3 is 2.48 bits per heavy atom. The molecule has 1 amide bonds. The van der Waals surface area contributed by atoms with Crippen molar-refractivity contribution in [3.05, 3.63) is 46.0 Å². The Hall–Kier alpha value is -1.76. The van der Waals surface area contributed by atoms with Crippen molar-refractivity contribution in [1.29, 1.82) is 0 Å². The number of rotatable bonds is 3. The molecule has 2 N–H and O–H groups in total. The number of carbonyl (C=O) groups excluding carboxylic acids is 2. The molecule has 3 aliphatic rings. The van der Waals surface area contributed by atoms with Gasteiger partial charge in [0.25, 0.3) is 0 Å². The Morgan fingerprint density at radius 2 is 1.92 bits per heavy atom. The predicted octanol–water partition coefficient (Wildman–Crippen LogP) is 2.84. The van der Waals surface area contributed by atoms with Crippen LogP contribution in [0.15, 0.2) is 28.8 Å². The number of hydrogen-bond acceptors (Lipinski definition) is 3. The standard InChI is InChI=1S/C18H16BrF2NO3/c1-25-15(23)12-8-3-5-11(17(8)6-7-17)18(12,16(22)24)9-2-4-10(19)14(21)13(9)20/h2-5,8,11-12H,6-7H2,1H3,(H2,22,24)/t8-,11+,12+,18-/m1/s1. The quantitative estimate of drug-likeness (QED) is 0.472. The summed E-state index contributed by atoms with van der Waals surface area (Å²) >= 11 is 2.94. The molecule has 4 atom stereocenters. The Morgan fingerprint density at radius 1 is 1.24 bits per heavy atom. The largest absolute Gasteiger partial charge is 0.469 e. The molecule has 25 heavy (non-hydrogen) atoms. The van der Waals surface area contributed by atoms with Gasteiger partial charge >= 0.3 is 5.97 Å². The molecule has 7 heteroatoms.